The highest BCUT2D eigenvalue weighted by molar-refractivity contribution is 5.25. The number of aliphatic hydroxyl groups excluding tert-OH is 1. The number of benzene rings is 1. The van der Waals surface area contributed by atoms with Crippen LogP contribution < -0.4 is 0 Å². The molecule has 3 heteroatoms. The number of rotatable bonds is 3. The molecule has 0 bridgehead atoms. The van der Waals surface area contributed by atoms with Crippen LogP contribution in [0.15, 0.2) is 24.3 Å². The quantitative estimate of drug-likeness (QED) is 0.879. The maximum absolute atomic E-state index is 10.5. The molecule has 0 aliphatic carbocycles. The van der Waals surface area contributed by atoms with E-state index in [-0.39, 0.29) is 6.04 Å². The van der Waals surface area contributed by atoms with Crippen molar-refractivity contribution in [2.45, 2.75) is 25.5 Å². The summed E-state index contributed by atoms with van der Waals surface area (Å²) >= 11 is 0. The van der Waals surface area contributed by atoms with E-state index in [4.69, 9.17) is 0 Å². The molecule has 1 saturated heterocycles. The van der Waals surface area contributed by atoms with Crippen molar-refractivity contribution in [3.8, 4) is 0 Å². The first-order valence-electron chi connectivity index (χ1n) is 6.77. The normalized spacial score (nSPS) is 24.1. The van der Waals surface area contributed by atoms with Gasteiger partial charge in [-0.1, -0.05) is 31.2 Å². The first kappa shape index (κ1) is 13.5. The smallest absolute Gasteiger partial charge is 0.0957 e. The standard InChI is InChI=1S/C15H24N2O/c1-4-12-5-7-13(8-6-12)15(18)14-11-16(2)9-10-17(14)3/h5-8,14-15,18H,4,9-11H2,1-3H3. The van der Waals surface area contributed by atoms with Crippen LogP contribution in [0, 0.1) is 0 Å². The van der Waals surface area contributed by atoms with Gasteiger partial charge in [0.1, 0.15) is 0 Å². The van der Waals surface area contributed by atoms with Crippen LogP contribution in [0.1, 0.15) is 24.2 Å². The molecule has 0 spiro atoms. The van der Waals surface area contributed by atoms with Crippen LogP contribution in [0.4, 0.5) is 0 Å². The maximum Gasteiger partial charge on any atom is 0.0957 e. The number of nitrogens with zero attached hydrogens (tertiary/aromatic N) is 2. The lowest BCUT2D eigenvalue weighted by atomic mass is 9.98. The zero-order chi connectivity index (χ0) is 13.1. The zero-order valence-electron chi connectivity index (χ0n) is 11.6. The third-order valence-corrected chi connectivity index (χ3v) is 3.99. The molecular formula is C15H24N2O. The van der Waals surface area contributed by atoms with E-state index in [2.05, 4.69) is 55.1 Å². The summed E-state index contributed by atoms with van der Waals surface area (Å²) in [5.74, 6) is 0. The van der Waals surface area contributed by atoms with Gasteiger partial charge in [0.2, 0.25) is 0 Å². The molecule has 1 aliphatic heterocycles. The van der Waals surface area contributed by atoms with E-state index in [1.165, 1.54) is 5.56 Å². The fourth-order valence-corrected chi connectivity index (χ4v) is 2.56. The van der Waals surface area contributed by atoms with Crippen molar-refractivity contribution in [1.82, 2.24) is 9.80 Å². The van der Waals surface area contributed by atoms with Gasteiger partial charge < -0.3 is 10.0 Å². The van der Waals surface area contributed by atoms with Gasteiger partial charge in [-0.15, -0.1) is 0 Å². The minimum atomic E-state index is -0.399. The molecule has 1 aromatic rings. The second-order valence-corrected chi connectivity index (χ2v) is 5.35. The highest BCUT2D eigenvalue weighted by Crippen LogP contribution is 2.23. The van der Waals surface area contributed by atoms with E-state index in [0.717, 1.165) is 31.6 Å². The second-order valence-electron chi connectivity index (χ2n) is 5.35. The zero-order valence-corrected chi connectivity index (χ0v) is 11.6. The van der Waals surface area contributed by atoms with Crippen LogP contribution in [0.3, 0.4) is 0 Å². The number of hydrogen-bond acceptors (Lipinski definition) is 3. The Labute approximate surface area is 110 Å². The van der Waals surface area contributed by atoms with E-state index >= 15 is 0 Å². The Kier molecular flexibility index (Phi) is 4.38. The van der Waals surface area contributed by atoms with Crippen LogP contribution in [-0.2, 0) is 6.42 Å². The van der Waals surface area contributed by atoms with E-state index < -0.39 is 6.10 Å². The molecular weight excluding hydrogens is 224 g/mol. The van der Waals surface area contributed by atoms with Crippen molar-refractivity contribution in [2.24, 2.45) is 0 Å². The molecule has 0 saturated carbocycles. The molecule has 0 aromatic heterocycles. The van der Waals surface area contributed by atoms with Gasteiger partial charge in [0.15, 0.2) is 0 Å². The molecule has 1 heterocycles. The molecule has 100 valence electrons. The van der Waals surface area contributed by atoms with Crippen molar-refractivity contribution in [3.05, 3.63) is 35.4 Å². The third-order valence-electron chi connectivity index (χ3n) is 3.99. The predicted octanol–water partition coefficient (Wildman–Crippen LogP) is 1.53. The lowest BCUT2D eigenvalue weighted by molar-refractivity contribution is 0.0138. The van der Waals surface area contributed by atoms with Gasteiger partial charge in [-0.2, -0.15) is 0 Å². The minimum absolute atomic E-state index is 0.191. The van der Waals surface area contributed by atoms with Crippen molar-refractivity contribution >= 4 is 0 Å². The summed E-state index contributed by atoms with van der Waals surface area (Å²) in [5.41, 5.74) is 2.35. The van der Waals surface area contributed by atoms with E-state index in [0.29, 0.717) is 0 Å². The third kappa shape index (κ3) is 2.91. The molecule has 1 N–H and O–H groups in total. The molecule has 0 radical (unpaired) electrons. The summed E-state index contributed by atoms with van der Waals surface area (Å²) in [6.45, 7) is 5.17. The Hall–Kier alpha value is -0.900. The van der Waals surface area contributed by atoms with Crippen LogP contribution >= 0.6 is 0 Å². The Morgan fingerprint density at radius 2 is 1.89 bits per heavy atom. The average molecular weight is 248 g/mol. The first-order valence-corrected chi connectivity index (χ1v) is 6.77. The number of piperazine rings is 1. The largest absolute Gasteiger partial charge is 0.387 e. The van der Waals surface area contributed by atoms with Crippen molar-refractivity contribution < 1.29 is 5.11 Å². The lowest BCUT2D eigenvalue weighted by Crippen LogP contribution is -2.52. The molecule has 1 aromatic carbocycles. The Balaban J connectivity index is 2.10. The predicted molar refractivity (Wildman–Crippen MR) is 74.7 cm³/mol. The molecule has 18 heavy (non-hydrogen) atoms. The summed E-state index contributed by atoms with van der Waals surface area (Å²) in [6.07, 6.45) is 0.645. The Morgan fingerprint density at radius 1 is 1.22 bits per heavy atom. The Bertz CT molecular complexity index is 377. The van der Waals surface area contributed by atoms with Gasteiger partial charge in [0.05, 0.1) is 12.1 Å². The van der Waals surface area contributed by atoms with Crippen LogP contribution in [0.5, 0.6) is 0 Å². The number of aryl methyl sites for hydroxylation is 1. The molecule has 3 nitrogen and oxygen atoms in total. The fourth-order valence-electron chi connectivity index (χ4n) is 2.56. The summed E-state index contributed by atoms with van der Waals surface area (Å²) in [4.78, 5) is 4.55. The van der Waals surface area contributed by atoms with Gasteiger partial charge in [0.25, 0.3) is 0 Å². The van der Waals surface area contributed by atoms with E-state index in [1.54, 1.807) is 0 Å². The fraction of sp³-hybridized carbons (Fsp3) is 0.600. The monoisotopic (exact) mass is 248 g/mol. The summed E-state index contributed by atoms with van der Waals surface area (Å²) < 4.78 is 0. The summed E-state index contributed by atoms with van der Waals surface area (Å²) in [7, 11) is 4.22. The molecule has 0 amide bonds. The number of aliphatic hydroxyl groups is 1. The topological polar surface area (TPSA) is 26.7 Å². The molecule has 1 fully saturated rings. The average Bonchev–Trinajstić information content (AvgIpc) is 2.41. The van der Waals surface area contributed by atoms with Crippen molar-refractivity contribution in [1.29, 1.82) is 0 Å². The van der Waals surface area contributed by atoms with Crippen LogP contribution in [0.25, 0.3) is 0 Å². The highest BCUT2D eigenvalue weighted by atomic mass is 16.3. The lowest BCUT2D eigenvalue weighted by Gasteiger charge is -2.40. The molecule has 2 atom stereocenters. The SMILES string of the molecule is CCc1ccc(C(O)C2CN(C)CCN2C)cc1. The first-order chi connectivity index (χ1) is 8.61. The van der Waals surface area contributed by atoms with Gasteiger partial charge in [0, 0.05) is 19.6 Å². The second kappa shape index (κ2) is 5.83. The molecule has 1 aliphatic rings. The molecule has 2 unspecified atom stereocenters. The van der Waals surface area contributed by atoms with Gasteiger partial charge in [-0.3, -0.25) is 4.90 Å². The van der Waals surface area contributed by atoms with Crippen molar-refractivity contribution in [3.63, 3.8) is 0 Å². The van der Waals surface area contributed by atoms with Crippen molar-refractivity contribution in [2.75, 3.05) is 33.7 Å². The summed E-state index contributed by atoms with van der Waals surface area (Å²) in [6, 6.07) is 8.55. The number of hydrogen-bond donors (Lipinski definition) is 1. The Morgan fingerprint density at radius 3 is 2.50 bits per heavy atom. The summed E-state index contributed by atoms with van der Waals surface area (Å²) in [5, 5.41) is 10.5. The van der Waals surface area contributed by atoms with E-state index in [9.17, 15) is 5.11 Å². The maximum atomic E-state index is 10.5. The van der Waals surface area contributed by atoms with Crippen LogP contribution in [-0.4, -0.2) is 54.7 Å². The number of likely N-dealkylation sites (N-methyl/N-ethyl adjacent to an activating group) is 2. The van der Waals surface area contributed by atoms with Gasteiger partial charge in [-0.05, 0) is 31.6 Å². The van der Waals surface area contributed by atoms with Gasteiger partial charge >= 0.3 is 0 Å². The van der Waals surface area contributed by atoms with Crippen LogP contribution in [0.2, 0.25) is 0 Å². The minimum Gasteiger partial charge on any atom is -0.387 e. The molecule has 2 rings (SSSR count). The van der Waals surface area contributed by atoms with Gasteiger partial charge in [-0.25, -0.2) is 0 Å². The highest BCUT2D eigenvalue weighted by Gasteiger charge is 2.29. The van der Waals surface area contributed by atoms with E-state index in [1.807, 2.05) is 0 Å².